The Bertz CT molecular complexity index is 387. The molecule has 0 aliphatic carbocycles. The number of nitrogens with one attached hydrogen (secondary N) is 1. The normalized spacial score (nSPS) is 14.1. The van der Waals surface area contributed by atoms with E-state index in [0.29, 0.717) is 16.4 Å². The molecule has 1 rings (SSSR count). The van der Waals surface area contributed by atoms with Crippen molar-refractivity contribution in [3.63, 3.8) is 0 Å². The van der Waals surface area contributed by atoms with E-state index in [1.165, 1.54) is 6.92 Å². The maximum absolute atomic E-state index is 12.1. The quantitative estimate of drug-likeness (QED) is 0.911. The summed E-state index contributed by atoms with van der Waals surface area (Å²) in [6, 6.07) is -0.652. The van der Waals surface area contributed by atoms with Crippen molar-refractivity contribution in [2.75, 3.05) is 0 Å². The van der Waals surface area contributed by atoms with Crippen LogP contribution in [0.15, 0.2) is 0 Å². The number of hydrogen-bond donors (Lipinski definition) is 1. The van der Waals surface area contributed by atoms with Crippen LogP contribution in [0.5, 0.6) is 0 Å². The highest BCUT2D eigenvalue weighted by atomic mass is 35.5. The second-order valence-corrected chi connectivity index (χ2v) is 4.45. The summed E-state index contributed by atoms with van der Waals surface area (Å²) in [5.41, 5.74) is 1.37. The Morgan fingerprint density at radius 3 is 2.47 bits per heavy atom. The molecule has 0 saturated heterocycles. The second-order valence-electron chi connectivity index (χ2n) is 4.07. The van der Waals surface area contributed by atoms with Crippen molar-refractivity contribution in [1.82, 2.24) is 15.1 Å². The van der Waals surface area contributed by atoms with E-state index in [2.05, 4.69) is 10.4 Å². The minimum absolute atomic E-state index is 0.271. The molecule has 1 atom stereocenters. The number of aryl methyl sites for hydroxylation is 2. The van der Waals surface area contributed by atoms with Crippen LogP contribution >= 0.6 is 11.6 Å². The van der Waals surface area contributed by atoms with E-state index in [0.717, 1.165) is 0 Å². The van der Waals surface area contributed by atoms with Crippen LogP contribution in [0.4, 0.5) is 13.2 Å². The van der Waals surface area contributed by atoms with Gasteiger partial charge in [-0.25, -0.2) is 0 Å². The minimum Gasteiger partial charge on any atom is -0.308 e. The van der Waals surface area contributed by atoms with Crippen molar-refractivity contribution in [1.29, 1.82) is 0 Å². The van der Waals surface area contributed by atoms with Crippen LogP contribution in [-0.2, 0) is 13.6 Å². The predicted molar refractivity (Wildman–Crippen MR) is 59.9 cm³/mol. The van der Waals surface area contributed by atoms with E-state index in [4.69, 9.17) is 11.6 Å². The summed E-state index contributed by atoms with van der Waals surface area (Å²) < 4.78 is 37.9. The van der Waals surface area contributed by atoms with E-state index in [1.54, 1.807) is 18.7 Å². The number of hydrogen-bond acceptors (Lipinski definition) is 2. The fourth-order valence-corrected chi connectivity index (χ4v) is 1.79. The average Bonchev–Trinajstić information content (AvgIpc) is 2.36. The first kappa shape index (κ1) is 14.3. The predicted octanol–water partition coefficient (Wildman–Crippen LogP) is 2.81. The fourth-order valence-electron chi connectivity index (χ4n) is 1.56. The van der Waals surface area contributed by atoms with E-state index < -0.39 is 18.6 Å². The maximum atomic E-state index is 12.1. The molecule has 7 heteroatoms. The molecule has 0 aliphatic heterocycles. The highest BCUT2D eigenvalue weighted by Gasteiger charge is 2.29. The van der Waals surface area contributed by atoms with Crippen LogP contribution in [0, 0.1) is 6.92 Å². The van der Waals surface area contributed by atoms with E-state index in [-0.39, 0.29) is 6.54 Å². The van der Waals surface area contributed by atoms with Gasteiger partial charge >= 0.3 is 6.18 Å². The van der Waals surface area contributed by atoms with Gasteiger partial charge in [-0.1, -0.05) is 11.6 Å². The van der Waals surface area contributed by atoms with Crippen LogP contribution in [0.2, 0.25) is 5.02 Å². The fraction of sp³-hybridized carbons (Fsp3) is 0.700. The summed E-state index contributed by atoms with van der Waals surface area (Å²) >= 11 is 5.99. The summed E-state index contributed by atoms with van der Waals surface area (Å²) in [5.74, 6) is 0. The van der Waals surface area contributed by atoms with Crippen LogP contribution in [0.25, 0.3) is 0 Å². The minimum atomic E-state index is -4.15. The highest BCUT2D eigenvalue weighted by molar-refractivity contribution is 6.31. The van der Waals surface area contributed by atoms with Crippen LogP contribution in [-0.4, -0.2) is 22.0 Å². The Morgan fingerprint density at radius 2 is 2.06 bits per heavy atom. The molecule has 1 N–H and O–H groups in total. The smallest absolute Gasteiger partial charge is 0.308 e. The summed E-state index contributed by atoms with van der Waals surface area (Å²) in [7, 11) is 1.71. The van der Waals surface area contributed by atoms with Crippen LogP contribution in [0.1, 0.15) is 24.7 Å². The monoisotopic (exact) mass is 269 g/mol. The molecule has 0 bridgehead atoms. The van der Waals surface area contributed by atoms with Gasteiger partial charge in [0.1, 0.15) is 0 Å². The molecule has 1 unspecified atom stereocenters. The molecule has 0 amide bonds. The molecule has 1 aromatic rings. The molecule has 0 saturated carbocycles. The lowest BCUT2D eigenvalue weighted by atomic mass is 10.2. The van der Waals surface area contributed by atoms with Crippen LogP contribution in [0.3, 0.4) is 0 Å². The van der Waals surface area contributed by atoms with Crippen molar-refractivity contribution in [2.45, 2.75) is 39.0 Å². The first-order valence-corrected chi connectivity index (χ1v) is 5.56. The third kappa shape index (κ3) is 4.20. The third-order valence-corrected chi connectivity index (χ3v) is 2.91. The van der Waals surface area contributed by atoms with Crippen molar-refractivity contribution >= 4 is 11.6 Å². The van der Waals surface area contributed by atoms with Gasteiger partial charge in [-0.2, -0.15) is 18.3 Å². The Labute approximate surface area is 103 Å². The van der Waals surface area contributed by atoms with Gasteiger partial charge in [0.05, 0.1) is 22.8 Å². The zero-order valence-electron chi connectivity index (χ0n) is 9.90. The number of alkyl halides is 3. The van der Waals surface area contributed by atoms with E-state index in [9.17, 15) is 13.2 Å². The van der Waals surface area contributed by atoms with Gasteiger partial charge in [0, 0.05) is 19.6 Å². The molecular weight excluding hydrogens is 255 g/mol. The first-order valence-electron chi connectivity index (χ1n) is 5.19. The summed E-state index contributed by atoms with van der Waals surface area (Å²) in [6.45, 7) is 3.52. The first-order chi connectivity index (χ1) is 7.70. The molecule has 17 heavy (non-hydrogen) atoms. The van der Waals surface area contributed by atoms with Gasteiger partial charge in [0.15, 0.2) is 0 Å². The number of nitrogens with zero attached hydrogens (tertiary/aromatic N) is 2. The lowest BCUT2D eigenvalue weighted by molar-refractivity contribution is -0.139. The number of aromatic nitrogens is 2. The van der Waals surface area contributed by atoms with E-state index in [1.807, 2.05) is 0 Å². The van der Waals surface area contributed by atoms with Crippen molar-refractivity contribution in [3.05, 3.63) is 16.4 Å². The Morgan fingerprint density at radius 1 is 1.47 bits per heavy atom. The molecule has 3 nitrogen and oxygen atoms in total. The standard InChI is InChI=1S/C10H15ClF3N3/c1-6(4-10(12,13)14)15-5-8-9(11)7(2)16-17(8)3/h6,15H,4-5H2,1-3H3. The van der Waals surface area contributed by atoms with Crippen molar-refractivity contribution in [3.8, 4) is 0 Å². The zero-order valence-corrected chi connectivity index (χ0v) is 10.7. The Balaban J connectivity index is 2.56. The SMILES string of the molecule is Cc1nn(C)c(CNC(C)CC(F)(F)F)c1Cl. The molecule has 0 aromatic carbocycles. The second kappa shape index (κ2) is 5.27. The lowest BCUT2D eigenvalue weighted by Crippen LogP contribution is -2.31. The molecule has 0 radical (unpaired) electrons. The van der Waals surface area contributed by atoms with Crippen LogP contribution < -0.4 is 5.32 Å². The number of halogens is 4. The summed E-state index contributed by atoms with van der Waals surface area (Å²) in [6.07, 6.45) is -5.01. The molecule has 1 aromatic heterocycles. The molecule has 0 spiro atoms. The molecule has 0 aliphatic rings. The number of rotatable bonds is 4. The highest BCUT2D eigenvalue weighted by Crippen LogP contribution is 2.22. The third-order valence-electron chi connectivity index (χ3n) is 2.42. The van der Waals surface area contributed by atoms with Gasteiger partial charge in [-0.05, 0) is 13.8 Å². The molecule has 0 fully saturated rings. The zero-order chi connectivity index (χ0) is 13.2. The van der Waals surface area contributed by atoms with Gasteiger partial charge in [-0.15, -0.1) is 0 Å². The van der Waals surface area contributed by atoms with Crippen molar-refractivity contribution in [2.24, 2.45) is 7.05 Å². The topological polar surface area (TPSA) is 29.9 Å². The molecular formula is C10H15ClF3N3. The molecule has 1 heterocycles. The Kier molecular flexibility index (Phi) is 4.43. The molecule has 98 valence electrons. The van der Waals surface area contributed by atoms with E-state index >= 15 is 0 Å². The van der Waals surface area contributed by atoms with Gasteiger partial charge < -0.3 is 5.32 Å². The summed E-state index contributed by atoms with van der Waals surface area (Å²) in [5, 5.41) is 7.37. The van der Waals surface area contributed by atoms with Gasteiger partial charge in [0.25, 0.3) is 0 Å². The van der Waals surface area contributed by atoms with Crippen molar-refractivity contribution < 1.29 is 13.2 Å². The maximum Gasteiger partial charge on any atom is 0.390 e. The largest absolute Gasteiger partial charge is 0.390 e. The Hall–Kier alpha value is -0.750. The summed E-state index contributed by atoms with van der Waals surface area (Å²) in [4.78, 5) is 0. The van der Waals surface area contributed by atoms with Gasteiger partial charge in [-0.3, -0.25) is 4.68 Å². The lowest BCUT2D eigenvalue weighted by Gasteiger charge is -2.15. The average molecular weight is 270 g/mol. The van der Waals surface area contributed by atoms with Gasteiger partial charge in [0.2, 0.25) is 0 Å².